The highest BCUT2D eigenvalue weighted by Crippen LogP contribution is 2.04. The third-order valence-corrected chi connectivity index (χ3v) is 11.3. The molecule has 394 valence electrons. The Kier molecular flexibility index (Phi) is 32.1. The number of nitrogens with zero attached hydrogens (tertiary/aromatic N) is 8. The molecule has 0 rings (SSSR count). The van der Waals surface area contributed by atoms with Crippen LogP contribution < -0.4 is 26.6 Å². The molecule has 0 heterocycles. The Hall–Kier alpha value is -2.97. The smallest absolute Gasteiger partial charge is 0.221 e. The van der Waals surface area contributed by atoms with E-state index in [1.54, 1.807) is 0 Å². The first-order valence-electron chi connectivity index (χ1n) is 25.3. The molecule has 5 amide bonds. The molecule has 0 fully saturated rings. The maximum Gasteiger partial charge on any atom is 0.221 e. The van der Waals surface area contributed by atoms with E-state index in [1.807, 2.05) is 14.1 Å². The van der Waals surface area contributed by atoms with Gasteiger partial charge in [-0.1, -0.05) is 0 Å². The highest BCUT2D eigenvalue weighted by atomic mass is 16.2. The van der Waals surface area contributed by atoms with Gasteiger partial charge in [-0.15, -0.1) is 7.05 Å². The number of rotatable bonds is 41. The number of carbonyl (C=O) groups excluding carboxylic acids is 5. The van der Waals surface area contributed by atoms with Crippen molar-refractivity contribution in [1.29, 1.82) is 0 Å². The van der Waals surface area contributed by atoms with Crippen LogP contribution in [0.5, 0.6) is 0 Å². The molecular weight excluding hydrogens is 851 g/mol. The van der Waals surface area contributed by atoms with Crippen molar-refractivity contribution in [3.8, 4) is 0 Å². The summed E-state index contributed by atoms with van der Waals surface area (Å²) >= 11 is 0. The topological polar surface area (TPSA) is 155 Å². The Balaban J connectivity index is 6.08. The summed E-state index contributed by atoms with van der Waals surface area (Å²) < 4.78 is 3.94. The summed E-state index contributed by atoms with van der Waals surface area (Å²) in [6.07, 6.45) is 6.01. The number of amides is 5. The molecule has 0 aliphatic heterocycles. The van der Waals surface area contributed by atoms with E-state index in [1.165, 1.54) is 0 Å². The van der Waals surface area contributed by atoms with E-state index in [2.05, 4.69) is 133 Å². The van der Waals surface area contributed by atoms with Gasteiger partial charge in [0.05, 0.1) is 117 Å². The molecule has 67 heavy (non-hydrogen) atoms. The van der Waals surface area contributed by atoms with Gasteiger partial charge < -0.3 is 63.7 Å². The molecule has 0 bridgehead atoms. The molecule has 0 saturated carbocycles. The fourth-order valence-electron chi connectivity index (χ4n) is 7.17. The first-order chi connectivity index (χ1) is 30.9. The lowest BCUT2D eigenvalue weighted by atomic mass is 10.2. The summed E-state index contributed by atoms with van der Waals surface area (Å²) in [5, 5.41) is 15.4. The maximum atomic E-state index is 13.1. The number of hydrogen-bond donors (Lipinski definition) is 5. The van der Waals surface area contributed by atoms with E-state index in [0.29, 0.717) is 128 Å². The van der Waals surface area contributed by atoms with Gasteiger partial charge in [-0.25, -0.2) is 0 Å². The van der Waals surface area contributed by atoms with Gasteiger partial charge in [0.1, 0.15) is 0 Å². The largest absolute Gasteiger partial charge is 0.462 e. The minimum absolute atomic E-state index is 0.00353. The van der Waals surface area contributed by atoms with Crippen LogP contribution in [0.25, 0.3) is 0 Å². The van der Waals surface area contributed by atoms with Crippen molar-refractivity contribution in [3.63, 3.8) is 0 Å². The van der Waals surface area contributed by atoms with Gasteiger partial charge >= 0.3 is 0 Å². The Bertz CT molecular complexity index is 1220. The standard InChI is InChI=1S/C49H103N13O5/c1-58(2,3)40-16-26-50-45(63)21-31-55(32-22-46(64)51-27-17-41-59(4,5)6)36-38-57(35-25-49(67)54-30-20-44-62(13,14)15)39-37-56(33-23-47(65)52-28-18-42-60(7,8)9)34-24-48(66)53-29-19-43-61(10,11)12/h13,16-44H2,1-12,14-15H3,(H-4,50,51,52,53,54,63,64,65,66,67)/p+4. The fourth-order valence-corrected chi connectivity index (χ4v) is 7.17. The fraction of sp³-hybridized carbons (Fsp3) is 0.878. The van der Waals surface area contributed by atoms with Crippen LogP contribution in [0.2, 0.25) is 0 Å². The second-order valence-corrected chi connectivity index (χ2v) is 23.5. The van der Waals surface area contributed by atoms with E-state index in [4.69, 9.17) is 0 Å². The molecule has 5 N–H and O–H groups in total. The lowest BCUT2D eigenvalue weighted by Crippen LogP contribution is -2.44. The van der Waals surface area contributed by atoms with Gasteiger partial charge in [0, 0.05) is 170 Å². The summed E-state index contributed by atoms with van der Waals surface area (Å²) in [5.74, 6) is -0.0273. The molecule has 0 aromatic rings. The number of carbonyl (C=O) groups is 5. The molecule has 0 aromatic heterocycles. The van der Waals surface area contributed by atoms with Gasteiger partial charge in [0.2, 0.25) is 29.5 Å². The van der Waals surface area contributed by atoms with Crippen LogP contribution in [0.1, 0.15) is 64.2 Å². The second kappa shape index (κ2) is 33.5. The van der Waals surface area contributed by atoms with Crippen LogP contribution in [-0.2, 0) is 24.0 Å². The lowest BCUT2D eigenvalue weighted by Gasteiger charge is -2.32. The van der Waals surface area contributed by atoms with Crippen molar-refractivity contribution < 1.29 is 46.4 Å². The monoisotopic (exact) mass is 958 g/mol. The first kappa shape index (κ1) is 64.0. The summed E-state index contributed by atoms with van der Waals surface area (Å²) in [4.78, 5) is 71.9. The predicted octanol–water partition coefficient (Wildman–Crippen LogP) is 0.0672. The second-order valence-electron chi connectivity index (χ2n) is 23.5. The number of nitrogens with one attached hydrogen (secondary N) is 5. The summed E-state index contributed by atoms with van der Waals surface area (Å²) in [5.41, 5.74) is 0. The minimum atomic E-state index is -0.0131. The van der Waals surface area contributed by atoms with Crippen molar-refractivity contribution in [1.82, 2.24) is 41.3 Å². The zero-order chi connectivity index (χ0) is 51.2. The van der Waals surface area contributed by atoms with E-state index in [9.17, 15) is 24.0 Å². The highest BCUT2D eigenvalue weighted by molar-refractivity contribution is 5.77. The van der Waals surface area contributed by atoms with Crippen molar-refractivity contribution in [2.45, 2.75) is 64.2 Å². The third-order valence-electron chi connectivity index (χ3n) is 11.3. The van der Waals surface area contributed by atoms with Crippen molar-refractivity contribution >= 4 is 29.5 Å². The quantitative estimate of drug-likeness (QED) is 0.0328. The van der Waals surface area contributed by atoms with Crippen LogP contribution in [0.3, 0.4) is 0 Å². The molecule has 0 unspecified atom stereocenters. The van der Waals surface area contributed by atoms with E-state index in [0.717, 1.165) is 82.8 Å². The lowest BCUT2D eigenvalue weighted by molar-refractivity contribution is -0.870. The summed E-state index contributed by atoms with van der Waals surface area (Å²) in [6.45, 7) is 12.8. The van der Waals surface area contributed by atoms with Crippen LogP contribution in [0.4, 0.5) is 0 Å². The average Bonchev–Trinajstić information content (AvgIpc) is 3.19. The number of quaternary nitrogens is 5. The van der Waals surface area contributed by atoms with Gasteiger partial charge in [0.25, 0.3) is 0 Å². The molecule has 0 aliphatic carbocycles. The van der Waals surface area contributed by atoms with E-state index in [-0.39, 0.29) is 29.5 Å². The van der Waals surface area contributed by atoms with Crippen LogP contribution in [0.15, 0.2) is 0 Å². The first-order valence-corrected chi connectivity index (χ1v) is 25.3. The SMILES string of the molecule is [CH2-][N+](C)(C)CCCNC(=O)CCN(CCN(CCC(=O)NCCC[N+](C)(C)C)CCC(=O)NCCC[N+](C)(C)C)CCN(CCC(=O)NCCC[N+](C)(C)C)CCC(=O)NCCC[N+](C)(C)C. The summed E-state index contributed by atoms with van der Waals surface area (Å²) in [7, 11) is 33.9. The van der Waals surface area contributed by atoms with Crippen LogP contribution in [0, 0.1) is 7.05 Å². The Labute approximate surface area is 410 Å². The predicted molar refractivity (Wildman–Crippen MR) is 274 cm³/mol. The summed E-state index contributed by atoms with van der Waals surface area (Å²) in [6, 6.07) is 0. The Morgan fingerprint density at radius 1 is 0.313 bits per heavy atom. The maximum absolute atomic E-state index is 13.1. The average molecular weight is 958 g/mol. The van der Waals surface area contributed by atoms with Gasteiger partial charge in [-0.2, -0.15) is 0 Å². The van der Waals surface area contributed by atoms with Crippen LogP contribution >= 0.6 is 0 Å². The molecule has 18 nitrogen and oxygen atoms in total. The molecule has 0 saturated heterocycles. The minimum Gasteiger partial charge on any atom is -0.462 e. The van der Waals surface area contributed by atoms with E-state index < -0.39 is 0 Å². The molecule has 18 heteroatoms. The molecule has 0 aromatic carbocycles. The van der Waals surface area contributed by atoms with Gasteiger partial charge in [0.15, 0.2) is 0 Å². The third kappa shape index (κ3) is 45.2. The van der Waals surface area contributed by atoms with Crippen molar-refractivity contribution in [2.24, 2.45) is 0 Å². The number of hydrogen-bond acceptors (Lipinski definition) is 8. The van der Waals surface area contributed by atoms with E-state index >= 15 is 0 Å². The zero-order valence-electron chi connectivity index (χ0n) is 45.8. The molecule has 0 radical (unpaired) electrons. The Morgan fingerprint density at radius 2 is 0.493 bits per heavy atom. The van der Waals surface area contributed by atoms with Gasteiger partial charge in [-0.05, 0) is 0 Å². The molecule has 0 aliphatic rings. The zero-order valence-corrected chi connectivity index (χ0v) is 45.8. The van der Waals surface area contributed by atoms with Crippen molar-refractivity contribution in [2.75, 3.05) is 223 Å². The van der Waals surface area contributed by atoms with Gasteiger partial charge in [-0.3, -0.25) is 24.0 Å². The normalized spacial score (nSPS) is 12.7. The van der Waals surface area contributed by atoms with Crippen molar-refractivity contribution in [3.05, 3.63) is 7.05 Å². The molecular formula is C49H107N13O5+4. The highest BCUT2D eigenvalue weighted by Gasteiger charge is 2.19. The molecule has 0 atom stereocenters. The molecule has 0 spiro atoms. The van der Waals surface area contributed by atoms with Crippen LogP contribution in [-0.4, -0.2) is 290 Å². The Morgan fingerprint density at radius 3 is 0.672 bits per heavy atom.